The zero-order chi connectivity index (χ0) is 18.3. The highest BCUT2D eigenvalue weighted by Gasteiger charge is 2.25. The number of hydrogen-bond acceptors (Lipinski definition) is 2. The van der Waals surface area contributed by atoms with Gasteiger partial charge < -0.3 is 0 Å². The molecule has 3 nitrogen and oxygen atoms in total. The van der Waals surface area contributed by atoms with Gasteiger partial charge in [0.15, 0.2) is 0 Å². The van der Waals surface area contributed by atoms with Crippen molar-refractivity contribution in [1.29, 1.82) is 0 Å². The molecule has 0 fully saturated rings. The fourth-order valence-electron chi connectivity index (χ4n) is 2.70. The van der Waals surface area contributed by atoms with Crippen LogP contribution in [0.2, 0.25) is 0 Å². The van der Waals surface area contributed by atoms with E-state index in [4.69, 9.17) is 0 Å². The Labute approximate surface area is 145 Å². The lowest BCUT2D eigenvalue weighted by atomic mass is 9.85. The maximum atomic E-state index is 11.8. The van der Waals surface area contributed by atoms with E-state index in [1.54, 1.807) is 12.1 Å². The molecule has 130 valence electrons. The zero-order valence-corrected chi connectivity index (χ0v) is 16.0. The van der Waals surface area contributed by atoms with Gasteiger partial charge in [-0.05, 0) is 39.2 Å². The summed E-state index contributed by atoms with van der Waals surface area (Å²) >= 11 is 0. The van der Waals surface area contributed by atoms with Crippen molar-refractivity contribution in [3.63, 3.8) is 0 Å². The Bertz CT molecular complexity index is 834. The summed E-state index contributed by atoms with van der Waals surface area (Å²) in [6, 6.07) is 13.3. The molecule has 0 saturated carbocycles. The average molecular weight is 346 g/mol. The van der Waals surface area contributed by atoms with E-state index in [0.717, 1.165) is 11.1 Å². The number of rotatable bonds is 2. The molecule has 0 unspecified atom stereocenters. The third-order valence-electron chi connectivity index (χ3n) is 4.15. The van der Waals surface area contributed by atoms with Gasteiger partial charge in [0.1, 0.15) is 0 Å². The van der Waals surface area contributed by atoms with Crippen LogP contribution in [0.5, 0.6) is 0 Å². The van der Waals surface area contributed by atoms with E-state index in [1.165, 1.54) is 5.56 Å². The van der Waals surface area contributed by atoms with Gasteiger partial charge in [0.05, 0.1) is 4.90 Å². The molecule has 0 aliphatic heterocycles. The molecule has 0 amide bonds. The van der Waals surface area contributed by atoms with Gasteiger partial charge in [0.25, 0.3) is 10.1 Å². The summed E-state index contributed by atoms with van der Waals surface area (Å²) in [5, 5.41) is 0. The molecule has 0 spiro atoms. The van der Waals surface area contributed by atoms with Crippen LogP contribution >= 0.6 is 0 Å². The van der Waals surface area contributed by atoms with Crippen LogP contribution in [0.4, 0.5) is 0 Å². The predicted molar refractivity (Wildman–Crippen MR) is 99.1 cm³/mol. The number of benzene rings is 2. The fraction of sp³-hybridized carbons (Fsp3) is 0.400. The monoisotopic (exact) mass is 346 g/mol. The molecule has 0 aromatic heterocycles. The molecule has 0 atom stereocenters. The summed E-state index contributed by atoms with van der Waals surface area (Å²) in [4.78, 5) is -0.0209. The lowest BCUT2D eigenvalue weighted by molar-refractivity contribution is 0.476. The summed E-state index contributed by atoms with van der Waals surface area (Å²) in [5.41, 5.74) is 3.21. The minimum Gasteiger partial charge on any atom is -0.282 e. The van der Waals surface area contributed by atoms with Gasteiger partial charge in [-0.15, -0.1) is 0 Å². The smallest absolute Gasteiger partial charge is 0.282 e. The van der Waals surface area contributed by atoms with E-state index in [1.807, 2.05) is 39.0 Å². The molecule has 0 bridgehead atoms. The van der Waals surface area contributed by atoms with Crippen LogP contribution < -0.4 is 0 Å². The lowest BCUT2D eigenvalue weighted by Gasteiger charge is -2.22. The fourth-order valence-corrected chi connectivity index (χ4v) is 3.63. The van der Waals surface area contributed by atoms with Crippen LogP contribution in [0, 0.1) is 0 Å². The van der Waals surface area contributed by atoms with E-state index in [2.05, 4.69) is 32.9 Å². The van der Waals surface area contributed by atoms with Gasteiger partial charge in [-0.1, -0.05) is 77.9 Å². The standard InChI is InChI=1S/C20H26O3S/c1-19(2,3)16-10-7-14(8-11-16)15-9-12-17(20(4,5)6)18(13-15)24(21,22)23/h7-13H,1-6H3,(H,21,22,23). The van der Waals surface area contributed by atoms with E-state index in [9.17, 15) is 13.0 Å². The van der Waals surface area contributed by atoms with Gasteiger partial charge in [0, 0.05) is 0 Å². The average Bonchev–Trinajstić information content (AvgIpc) is 2.44. The van der Waals surface area contributed by atoms with E-state index < -0.39 is 10.1 Å². The van der Waals surface area contributed by atoms with Gasteiger partial charge in [-0.3, -0.25) is 4.55 Å². The van der Waals surface area contributed by atoms with Crippen molar-refractivity contribution >= 4 is 10.1 Å². The first-order valence-corrected chi connectivity index (χ1v) is 9.47. The summed E-state index contributed by atoms with van der Waals surface area (Å²) < 4.78 is 33.3. The van der Waals surface area contributed by atoms with Crippen LogP contribution in [0.25, 0.3) is 11.1 Å². The molecular formula is C20H26O3S. The van der Waals surface area contributed by atoms with E-state index in [-0.39, 0.29) is 15.7 Å². The Morgan fingerprint density at radius 3 is 1.67 bits per heavy atom. The predicted octanol–water partition coefficient (Wildman–Crippen LogP) is 5.20. The van der Waals surface area contributed by atoms with Gasteiger partial charge >= 0.3 is 0 Å². The van der Waals surface area contributed by atoms with E-state index >= 15 is 0 Å². The third-order valence-corrected chi connectivity index (χ3v) is 5.05. The Balaban J connectivity index is 2.57. The molecule has 24 heavy (non-hydrogen) atoms. The van der Waals surface area contributed by atoms with Crippen molar-refractivity contribution in [3.05, 3.63) is 53.6 Å². The second-order valence-electron chi connectivity index (χ2n) is 8.26. The van der Waals surface area contributed by atoms with Crippen molar-refractivity contribution in [2.75, 3.05) is 0 Å². The second kappa shape index (κ2) is 6.01. The summed E-state index contributed by atoms with van der Waals surface area (Å²) in [6.45, 7) is 12.2. The van der Waals surface area contributed by atoms with Gasteiger partial charge in [-0.25, -0.2) is 0 Å². The molecule has 0 saturated heterocycles. The van der Waals surface area contributed by atoms with Crippen molar-refractivity contribution in [2.45, 2.75) is 57.3 Å². The lowest BCUT2D eigenvalue weighted by Crippen LogP contribution is -2.16. The Morgan fingerprint density at radius 1 is 0.750 bits per heavy atom. The molecule has 0 aliphatic rings. The highest BCUT2D eigenvalue weighted by atomic mass is 32.2. The van der Waals surface area contributed by atoms with Crippen molar-refractivity contribution in [1.82, 2.24) is 0 Å². The summed E-state index contributed by atoms with van der Waals surface area (Å²) in [5.74, 6) is 0. The molecule has 0 radical (unpaired) electrons. The molecule has 1 N–H and O–H groups in total. The first kappa shape index (κ1) is 18.7. The zero-order valence-electron chi connectivity index (χ0n) is 15.2. The first-order chi connectivity index (χ1) is 10.8. The Morgan fingerprint density at radius 2 is 1.25 bits per heavy atom. The maximum Gasteiger partial charge on any atom is 0.294 e. The third kappa shape index (κ3) is 4.05. The SMILES string of the molecule is CC(C)(C)c1ccc(-c2ccc(C(C)(C)C)c(S(=O)(=O)O)c2)cc1. The van der Waals surface area contributed by atoms with Gasteiger partial charge in [0.2, 0.25) is 0 Å². The first-order valence-electron chi connectivity index (χ1n) is 8.03. The molecule has 0 aliphatic carbocycles. The molecule has 2 aromatic rings. The minimum absolute atomic E-state index is 0.0209. The summed E-state index contributed by atoms with van der Waals surface area (Å²) in [7, 11) is -4.28. The van der Waals surface area contributed by atoms with Crippen LogP contribution in [0.1, 0.15) is 52.7 Å². The molecule has 2 aromatic carbocycles. The second-order valence-corrected chi connectivity index (χ2v) is 9.65. The largest absolute Gasteiger partial charge is 0.294 e. The molecule has 4 heteroatoms. The highest BCUT2D eigenvalue weighted by molar-refractivity contribution is 7.85. The Hall–Kier alpha value is -1.65. The number of hydrogen-bond donors (Lipinski definition) is 1. The minimum atomic E-state index is -4.28. The van der Waals surface area contributed by atoms with Gasteiger partial charge in [-0.2, -0.15) is 8.42 Å². The van der Waals surface area contributed by atoms with Crippen LogP contribution in [-0.4, -0.2) is 13.0 Å². The van der Waals surface area contributed by atoms with E-state index in [0.29, 0.717) is 5.56 Å². The quantitative estimate of drug-likeness (QED) is 0.761. The maximum absolute atomic E-state index is 11.8. The van der Waals surface area contributed by atoms with Crippen molar-refractivity contribution < 1.29 is 13.0 Å². The molecule has 0 heterocycles. The molecular weight excluding hydrogens is 320 g/mol. The van der Waals surface area contributed by atoms with Crippen LogP contribution in [-0.2, 0) is 20.9 Å². The summed E-state index contributed by atoms with van der Waals surface area (Å²) in [6.07, 6.45) is 0. The van der Waals surface area contributed by atoms with Crippen LogP contribution in [0.15, 0.2) is 47.4 Å². The normalized spacial score (nSPS) is 13.1. The highest BCUT2D eigenvalue weighted by Crippen LogP contribution is 2.33. The van der Waals surface area contributed by atoms with Crippen molar-refractivity contribution in [2.24, 2.45) is 0 Å². The topological polar surface area (TPSA) is 54.4 Å². The van der Waals surface area contributed by atoms with Crippen molar-refractivity contribution in [3.8, 4) is 11.1 Å². The van der Waals surface area contributed by atoms with Crippen LogP contribution in [0.3, 0.4) is 0 Å². The molecule has 2 rings (SSSR count). The Kier molecular flexibility index (Phi) is 4.68.